The van der Waals surface area contributed by atoms with Crippen molar-refractivity contribution in [3.63, 3.8) is 0 Å². The third kappa shape index (κ3) is 2.96. The molecule has 4 heteroatoms. The van der Waals surface area contributed by atoms with Crippen LogP contribution in [-0.4, -0.2) is 6.54 Å². The number of benzene rings is 2. The van der Waals surface area contributed by atoms with Crippen molar-refractivity contribution in [3.8, 4) is 0 Å². The minimum Gasteiger partial charge on any atom is -0.459 e. The molecular formula is C17H15FINO. The molecule has 108 valence electrons. The van der Waals surface area contributed by atoms with Crippen LogP contribution >= 0.6 is 22.6 Å². The van der Waals surface area contributed by atoms with Gasteiger partial charge in [-0.25, -0.2) is 4.39 Å². The molecule has 1 unspecified atom stereocenters. The highest BCUT2D eigenvalue weighted by atomic mass is 127. The number of fused-ring (bicyclic) bond motifs is 1. The SMILES string of the molecule is CCNC(c1cc2ccccc2o1)c1ccc(F)cc1I. The minimum atomic E-state index is -0.219. The summed E-state index contributed by atoms with van der Waals surface area (Å²) in [6.45, 7) is 2.85. The zero-order valence-corrected chi connectivity index (χ0v) is 13.7. The molecule has 0 spiro atoms. The first kappa shape index (κ1) is 14.5. The third-order valence-electron chi connectivity index (χ3n) is 3.41. The van der Waals surface area contributed by atoms with Crippen molar-refractivity contribution in [2.75, 3.05) is 6.54 Å². The van der Waals surface area contributed by atoms with Crippen LogP contribution < -0.4 is 5.32 Å². The largest absolute Gasteiger partial charge is 0.459 e. The second kappa shape index (κ2) is 6.15. The number of hydrogen-bond donors (Lipinski definition) is 1. The maximum Gasteiger partial charge on any atom is 0.134 e. The van der Waals surface area contributed by atoms with Gasteiger partial charge in [-0.3, -0.25) is 0 Å². The molecule has 1 atom stereocenters. The molecule has 3 aromatic rings. The van der Waals surface area contributed by atoms with Crippen LogP contribution in [0.25, 0.3) is 11.0 Å². The molecule has 1 aromatic heterocycles. The van der Waals surface area contributed by atoms with E-state index in [1.807, 2.05) is 43.3 Å². The van der Waals surface area contributed by atoms with Crippen molar-refractivity contribution in [2.24, 2.45) is 0 Å². The molecule has 0 saturated carbocycles. The summed E-state index contributed by atoms with van der Waals surface area (Å²) in [6, 6.07) is 14.8. The molecule has 0 aliphatic carbocycles. The van der Waals surface area contributed by atoms with Crippen LogP contribution in [0.15, 0.2) is 52.9 Å². The van der Waals surface area contributed by atoms with Crippen LogP contribution in [0.3, 0.4) is 0 Å². The zero-order chi connectivity index (χ0) is 14.8. The number of furan rings is 1. The summed E-state index contributed by atoms with van der Waals surface area (Å²) in [5.41, 5.74) is 1.89. The molecule has 0 radical (unpaired) electrons. The maximum absolute atomic E-state index is 13.3. The zero-order valence-electron chi connectivity index (χ0n) is 11.6. The summed E-state index contributed by atoms with van der Waals surface area (Å²) in [4.78, 5) is 0. The van der Waals surface area contributed by atoms with Gasteiger partial charge in [-0.2, -0.15) is 0 Å². The molecular weight excluding hydrogens is 380 g/mol. The van der Waals surface area contributed by atoms with Gasteiger partial charge in [0, 0.05) is 8.96 Å². The fourth-order valence-electron chi connectivity index (χ4n) is 2.45. The van der Waals surface area contributed by atoms with Crippen molar-refractivity contribution in [1.29, 1.82) is 0 Å². The lowest BCUT2D eigenvalue weighted by atomic mass is 10.0. The van der Waals surface area contributed by atoms with Gasteiger partial charge < -0.3 is 9.73 Å². The Bertz CT molecular complexity index is 735. The summed E-state index contributed by atoms with van der Waals surface area (Å²) in [7, 11) is 0. The molecule has 0 bridgehead atoms. The molecule has 0 amide bonds. The highest BCUT2D eigenvalue weighted by Gasteiger charge is 2.20. The van der Waals surface area contributed by atoms with Gasteiger partial charge in [0.1, 0.15) is 17.2 Å². The van der Waals surface area contributed by atoms with Gasteiger partial charge in [-0.1, -0.05) is 31.2 Å². The molecule has 1 heterocycles. The lowest BCUT2D eigenvalue weighted by Gasteiger charge is -2.17. The lowest BCUT2D eigenvalue weighted by Crippen LogP contribution is -2.22. The van der Waals surface area contributed by atoms with E-state index in [1.165, 1.54) is 6.07 Å². The average Bonchev–Trinajstić information content (AvgIpc) is 2.89. The van der Waals surface area contributed by atoms with Crippen LogP contribution in [0, 0.1) is 9.39 Å². The van der Waals surface area contributed by atoms with Crippen LogP contribution in [0.1, 0.15) is 24.3 Å². The van der Waals surface area contributed by atoms with E-state index in [0.717, 1.165) is 32.4 Å². The van der Waals surface area contributed by atoms with Crippen molar-refractivity contribution >= 4 is 33.6 Å². The number of halogens is 2. The Morgan fingerprint density at radius 3 is 2.71 bits per heavy atom. The van der Waals surface area contributed by atoms with E-state index in [2.05, 4.69) is 27.9 Å². The van der Waals surface area contributed by atoms with E-state index in [9.17, 15) is 4.39 Å². The van der Waals surface area contributed by atoms with Crippen LogP contribution in [0.5, 0.6) is 0 Å². The maximum atomic E-state index is 13.3. The fraction of sp³-hybridized carbons (Fsp3) is 0.176. The molecule has 0 aliphatic heterocycles. The van der Waals surface area contributed by atoms with Crippen LogP contribution in [-0.2, 0) is 0 Å². The molecule has 0 saturated heterocycles. The molecule has 1 N–H and O–H groups in total. The van der Waals surface area contributed by atoms with E-state index in [1.54, 1.807) is 6.07 Å². The Morgan fingerprint density at radius 1 is 1.19 bits per heavy atom. The van der Waals surface area contributed by atoms with Gasteiger partial charge in [0.2, 0.25) is 0 Å². The number of rotatable bonds is 4. The van der Waals surface area contributed by atoms with Crippen molar-refractivity contribution in [3.05, 3.63) is 69.2 Å². The Hall–Kier alpha value is -1.40. The Balaban J connectivity index is 2.08. The molecule has 3 rings (SSSR count). The normalized spacial score (nSPS) is 12.7. The Morgan fingerprint density at radius 2 is 2.00 bits per heavy atom. The predicted octanol–water partition coefficient (Wildman–Crippen LogP) is 4.88. The molecule has 0 fully saturated rings. The molecule has 21 heavy (non-hydrogen) atoms. The quantitative estimate of drug-likeness (QED) is 0.638. The number of hydrogen-bond acceptors (Lipinski definition) is 2. The van der Waals surface area contributed by atoms with Crippen LogP contribution in [0.4, 0.5) is 4.39 Å². The second-order valence-electron chi connectivity index (χ2n) is 4.84. The average molecular weight is 395 g/mol. The van der Waals surface area contributed by atoms with Crippen molar-refractivity contribution in [1.82, 2.24) is 5.32 Å². The standard InChI is InChI=1S/C17H15FINO/c1-2-20-17(13-8-7-12(18)10-14(13)19)16-9-11-5-3-4-6-15(11)21-16/h3-10,17,20H,2H2,1H3. The molecule has 0 aliphatic rings. The van der Waals surface area contributed by atoms with Crippen molar-refractivity contribution < 1.29 is 8.81 Å². The first-order valence-corrected chi connectivity index (χ1v) is 7.93. The van der Waals surface area contributed by atoms with Gasteiger partial charge in [0.25, 0.3) is 0 Å². The molecule has 2 aromatic carbocycles. The van der Waals surface area contributed by atoms with E-state index >= 15 is 0 Å². The summed E-state index contributed by atoms with van der Waals surface area (Å²) < 4.78 is 20.2. The number of nitrogens with one attached hydrogen (secondary N) is 1. The third-order valence-corrected chi connectivity index (χ3v) is 4.35. The monoisotopic (exact) mass is 395 g/mol. The highest BCUT2D eigenvalue weighted by molar-refractivity contribution is 14.1. The van der Waals surface area contributed by atoms with Gasteiger partial charge in [-0.15, -0.1) is 0 Å². The van der Waals surface area contributed by atoms with E-state index in [4.69, 9.17) is 4.42 Å². The van der Waals surface area contributed by atoms with Crippen molar-refractivity contribution in [2.45, 2.75) is 13.0 Å². The summed E-state index contributed by atoms with van der Waals surface area (Å²) in [6.07, 6.45) is 0. The first-order chi connectivity index (χ1) is 10.2. The highest BCUT2D eigenvalue weighted by Crippen LogP contribution is 2.30. The fourth-order valence-corrected chi connectivity index (χ4v) is 3.24. The van der Waals surface area contributed by atoms with Crippen LogP contribution in [0.2, 0.25) is 0 Å². The van der Waals surface area contributed by atoms with Gasteiger partial charge in [0.05, 0.1) is 6.04 Å². The topological polar surface area (TPSA) is 25.2 Å². The summed E-state index contributed by atoms with van der Waals surface area (Å²) in [5.74, 6) is 0.630. The van der Waals surface area contributed by atoms with Gasteiger partial charge in [0.15, 0.2) is 0 Å². The smallest absolute Gasteiger partial charge is 0.134 e. The first-order valence-electron chi connectivity index (χ1n) is 6.86. The predicted molar refractivity (Wildman–Crippen MR) is 90.9 cm³/mol. The van der Waals surface area contributed by atoms with E-state index in [0.29, 0.717) is 0 Å². The van der Waals surface area contributed by atoms with Gasteiger partial charge in [-0.05, 0) is 59.0 Å². The summed E-state index contributed by atoms with van der Waals surface area (Å²) >= 11 is 2.16. The second-order valence-corrected chi connectivity index (χ2v) is 6.01. The Labute approximate surface area is 136 Å². The lowest BCUT2D eigenvalue weighted by molar-refractivity contribution is 0.475. The number of para-hydroxylation sites is 1. The molecule has 2 nitrogen and oxygen atoms in total. The van der Waals surface area contributed by atoms with E-state index < -0.39 is 0 Å². The Kier molecular flexibility index (Phi) is 4.26. The van der Waals surface area contributed by atoms with E-state index in [-0.39, 0.29) is 11.9 Å². The summed E-state index contributed by atoms with van der Waals surface area (Å²) in [5, 5.41) is 4.49. The van der Waals surface area contributed by atoms with Gasteiger partial charge >= 0.3 is 0 Å². The minimum absolute atomic E-state index is 0.0742.